The molecule has 20 heavy (non-hydrogen) atoms. The molecule has 1 aliphatic carbocycles. The molecule has 0 aromatic heterocycles. The summed E-state index contributed by atoms with van der Waals surface area (Å²) >= 11 is 5.89. The number of hydrogen-bond donors (Lipinski definition) is 1. The molecule has 110 valence electrons. The first-order valence-corrected chi connectivity index (χ1v) is 7.91. The summed E-state index contributed by atoms with van der Waals surface area (Å²) in [6, 6.07) is 4.58. The van der Waals surface area contributed by atoms with E-state index in [1.54, 1.807) is 12.1 Å². The number of halogens is 2. The zero-order chi connectivity index (χ0) is 14.0. The minimum atomic E-state index is -0.264. The van der Waals surface area contributed by atoms with E-state index in [1.807, 2.05) is 0 Å². The van der Waals surface area contributed by atoms with Crippen LogP contribution in [-0.2, 0) is 4.74 Å². The molecule has 1 saturated carbocycles. The highest BCUT2D eigenvalue weighted by Crippen LogP contribution is 2.41. The fraction of sp³-hybridized carbons (Fsp3) is 0.625. The molecule has 1 heterocycles. The molecule has 0 radical (unpaired) electrons. The maximum absolute atomic E-state index is 13.6. The Labute approximate surface area is 124 Å². The van der Waals surface area contributed by atoms with Crippen molar-refractivity contribution in [3.05, 3.63) is 29.0 Å². The van der Waals surface area contributed by atoms with Crippen molar-refractivity contribution in [1.82, 2.24) is 0 Å². The average molecular weight is 298 g/mol. The Morgan fingerprint density at radius 1 is 1.25 bits per heavy atom. The van der Waals surface area contributed by atoms with Gasteiger partial charge in [-0.3, -0.25) is 0 Å². The van der Waals surface area contributed by atoms with Crippen LogP contribution in [0.3, 0.4) is 0 Å². The lowest BCUT2D eigenvalue weighted by molar-refractivity contribution is -0.0588. The smallest absolute Gasteiger partial charge is 0.146 e. The van der Waals surface area contributed by atoms with E-state index in [1.165, 1.54) is 38.2 Å². The largest absolute Gasteiger partial charge is 0.380 e. The summed E-state index contributed by atoms with van der Waals surface area (Å²) in [7, 11) is 0. The lowest BCUT2D eigenvalue weighted by atomic mass is 9.83. The number of ether oxygens (including phenoxy) is 1. The van der Waals surface area contributed by atoms with E-state index in [9.17, 15) is 4.39 Å². The van der Waals surface area contributed by atoms with Crippen molar-refractivity contribution < 1.29 is 9.13 Å². The Balaban J connectivity index is 1.56. The van der Waals surface area contributed by atoms with Gasteiger partial charge in [-0.05, 0) is 43.9 Å². The standard InChI is InChI=1S/C16H21ClFNO/c17-12-4-5-14(18)15(10-12)19-11-13-6-9-16(20-13)7-2-1-3-8-16/h4-5,10,13,19H,1-3,6-9,11H2. The molecule has 1 unspecified atom stereocenters. The van der Waals surface area contributed by atoms with Gasteiger partial charge in [0, 0.05) is 11.6 Å². The van der Waals surface area contributed by atoms with Gasteiger partial charge in [0.2, 0.25) is 0 Å². The topological polar surface area (TPSA) is 21.3 Å². The van der Waals surface area contributed by atoms with E-state index in [4.69, 9.17) is 16.3 Å². The summed E-state index contributed by atoms with van der Waals surface area (Å²) in [4.78, 5) is 0. The molecule has 1 aromatic carbocycles. The van der Waals surface area contributed by atoms with Crippen molar-refractivity contribution in [1.29, 1.82) is 0 Å². The first-order chi connectivity index (χ1) is 9.67. The van der Waals surface area contributed by atoms with Crippen molar-refractivity contribution in [2.24, 2.45) is 0 Å². The Morgan fingerprint density at radius 3 is 2.85 bits per heavy atom. The third kappa shape index (κ3) is 3.09. The van der Waals surface area contributed by atoms with Crippen molar-refractivity contribution in [2.75, 3.05) is 11.9 Å². The second-order valence-electron chi connectivity index (χ2n) is 6.03. The fourth-order valence-electron chi connectivity index (χ4n) is 3.46. The Bertz CT molecular complexity index is 474. The SMILES string of the molecule is Fc1ccc(Cl)cc1NCC1CCC2(CCCCC2)O1. The molecule has 4 heteroatoms. The highest BCUT2D eigenvalue weighted by molar-refractivity contribution is 6.30. The van der Waals surface area contributed by atoms with Crippen molar-refractivity contribution in [2.45, 2.75) is 56.7 Å². The molecule has 3 rings (SSSR count). The molecule has 2 nitrogen and oxygen atoms in total. The van der Waals surface area contributed by atoms with Crippen LogP contribution in [0.15, 0.2) is 18.2 Å². The van der Waals surface area contributed by atoms with E-state index in [0.29, 0.717) is 17.3 Å². The van der Waals surface area contributed by atoms with Crippen LogP contribution in [0.2, 0.25) is 5.02 Å². The number of benzene rings is 1. The van der Waals surface area contributed by atoms with Gasteiger partial charge in [-0.25, -0.2) is 4.39 Å². The van der Waals surface area contributed by atoms with E-state index in [0.717, 1.165) is 12.8 Å². The van der Waals surface area contributed by atoms with Gasteiger partial charge in [-0.15, -0.1) is 0 Å². The molecule has 1 aromatic rings. The summed E-state index contributed by atoms with van der Waals surface area (Å²) in [5, 5.41) is 3.68. The molecule has 2 fully saturated rings. The summed E-state index contributed by atoms with van der Waals surface area (Å²) in [6.07, 6.45) is 8.68. The third-order valence-corrected chi connectivity index (χ3v) is 4.79. The first kappa shape index (κ1) is 14.2. The second kappa shape index (κ2) is 5.90. The predicted octanol–water partition coefficient (Wildman–Crippen LogP) is 4.77. The van der Waals surface area contributed by atoms with E-state index in [2.05, 4.69) is 5.32 Å². The third-order valence-electron chi connectivity index (χ3n) is 4.55. The first-order valence-electron chi connectivity index (χ1n) is 7.54. The molecule has 1 N–H and O–H groups in total. The molecule has 0 amide bonds. The zero-order valence-corrected chi connectivity index (χ0v) is 12.4. The lowest BCUT2D eigenvalue weighted by Gasteiger charge is -2.33. The number of hydrogen-bond acceptors (Lipinski definition) is 2. The molecule has 1 aliphatic heterocycles. The highest BCUT2D eigenvalue weighted by Gasteiger charge is 2.40. The maximum Gasteiger partial charge on any atom is 0.146 e. The van der Waals surface area contributed by atoms with E-state index >= 15 is 0 Å². The second-order valence-corrected chi connectivity index (χ2v) is 6.46. The zero-order valence-electron chi connectivity index (χ0n) is 11.6. The van der Waals surface area contributed by atoms with Gasteiger partial charge in [0.1, 0.15) is 5.82 Å². The summed E-state index contributed by atoms with van der Waals surface area (Å²) < 4.78 is 19.9. The van der Waals surface area contributed by atoms with Gasteiger partial charge < -0.3 is 10.1 Å². The summed E-state index contributed by atoms with van der Waals surface area (Å²) in [5.74, 6) is -0.264. The average Bonchev–Trinajstić information content (AvgIpc) is 2.84. The minimum absolute atomic E-state index is 0.122. The van der Waals surface area contributed by atoms with Gasteiger partial charge >= 0.3 is 0 Å². The van der Waals surface area contributed by atoms with Crippen molar-refractivity contribution >= 4 is 17.3 Å². The van der Waals surface area contributed by atoms with Gasteiger partial charge in [-0.1, -0.05) is 30.9 Å². The van der Waals surface area contributed by atoms with Gasteiger partial charge in [0.25, 0.3) is 0 Å². The highest BCUT2D eigenvalue weighted by atomic mass is 35.5. The lowest BCUT2D eigenvalue weighted by Crippen LogP contribution is -2.33. The van der Waals surface area contributed by atoms with Crippen LogP contribution in [0.1, 0.15) is 44.9 Å². The van der Waals surface area contributed by atoms with Gasteiger partial charge in [0.05, 0.1) is 17.4 Å². The van der Waals surface area contributed by atoms with Crippen LogP contribution in [0.5, 0.6) is 0 Å². The fourth-order valence-corrected chi connectivity index (χ4v) is 3.63. The van der Waals surface area contributed by atoms with Crippen molar-refractivity contribution in [3.8, 4) is 0 Å². The molecule has 1 saturated heterocycles. The molecular weight excluding hydrogens is 277 g/mol. The van der Waals surface area contributed by atoms with Crippen LogP contribution < -0.4 is 5.32 Å². The number of rotatable bonds is 3. The van der Waals surface area contributed by atoms with Gasteiger partial charge in [-0.2, -0.15) is 0 Å². The van der Waals surface area contributed by atoms with Gasteiger partial charge in [0.15, 0.2) is 0 Å². The molecule has 0 bridgehead atoms. The van der Waals surface area contributed by atoms with Crippen LogP contribution in [0, 0.1) is 5.82 Å². The van der Waals surface area contributed by atoms with Crippen LogP contribution in [-0.4, -0.2) is 18.2 Å². The van der Waals surface area contributed by atoms with E-state index < -0.39 is 0 Å². The predicted molar refractivity (Wildman–Crippen MR) is 79.8 cm³/mol. The number of anilines is 1. The molecule has 2 aliphatic rings. The molecule has 1 atom stereocenters. The summed E-state index contributed by atoms with van der Waals surface area (Å²) in [6.45, 7) is 0.652. The molecular formula is C16H21ClFNO. The maximum atomic E-state index is 13.6. The van der Waals surface area contributed by atoms with Crippen molar-refractivity contribution in [3.63, 3.8) is 0 Å². The molecule has 1 spiro atoms. The normalized spacial score (nSPS) is 25.0. The van der Waals surface area contributed by atoms with Crippen LogP contribution in [0.4, 0.5) is 10.1 Å². The Morgan fingerprint density at radius 2 is 2.05 bits per heavy atom. The minimum Gasteiger partial charge on any atom is -0.380 e. The van der Waals surface area contributed by atoms with E-state index in [-0.39, 0.29) is 17.5 Å². The van der Waals surface area contributed by atoms with Crippen LogP contribution >= 0.6 is 11.6 Å². The quantitative estimate of drug-likeness (QED) is 0.867. The Hall–Kier alpha value is -0.800. The Kier molecular flexibility index (Phi) is 4.18. The monoisotopic (exact) mass is 297 g/mol. The van der Waals surface area contributed by atoms with Crippen LogP contribution in [0.25, 0.3) is 0 Å². The summed E-state index contributed by atoms with van der Waals surface area (Å²) in [5.41, 5.74) is 0.586. The number of nitrogens with one attached hydrogen (secondary N) is 1.